The normalized spacial score (nSPS) is 12.2. The molecule has 4 rings (SSSR count). The molecule has 0 aliphatic heterocycles. The quantitative estimate of drug-likeness (QED) is 0.425. The topological polar surface area (TPSA) is 78.5 Å². The standard InChI is InChI=1S/C21H15NO4.BrH/c1-12-4-3-7-22(10-12)11-13-8-15-19(17(24)9-13)21(26)18-14(20(15)25)5-2-6-16(18)23;/h2-10H,11H2,1H3,(H-,23,24,26);1H. The Kier molecular flexibility index (Phi) is 4.85. The van der Waals surface area contributed by atoms with Crippen molar-refractivity contribution in [2.24, 2.45) is 0 Å². The molecular weight excluding hydrogens is 410 g/mol. The Labute approximate surface area is 166 Å². The van der Waals surface area contributed by atoms with Crippen molar-refractivity contribution < 1.29 is 41.4 Å². The van der Waals surface area contributed by atoms with Crippen molar-refractivity contribution in [3.8, 4) is 11.5 Å². The molecule has 0 amide bonds. The first-order valence-corrected chi connectivity index (χ1v) is 8.18. The van der Waals surface area contributed by atoms with Gasteiger partial charge in [0.1, 0.15) is 11.5 Å². The first-order valence-electron chi connectivity index (χ1n) is 8.18. The summed E-state index contributed by atoms with van der Waals surface area (Å²) in [5.41, 5.74) is 2.01. The summed E-state index contributed by atoms with van der Waals surface area (Å²) in [4.78, 5) is 25.6. The molecule has 0 atom stereocenters. The largest absolute Gasteiger partial charge is 1.00 e. The van der Waals surface area contributed by atoms with Gasteiger partial charge in [0.05, 0.1) is 11.1 Å². The molecule has 3 aromatic rings. The zero-order chi connectivity index (χ0) is 18.4. The maximum atomic E-state index is 12.8. The number of benzene rings is 2. The number of phenolic OH excluding ortho intramolecular Hbond substituents is 2. The monoisotopic (exact) mass is 425 g/mol. The number of hydrogen-bond donors (Lipinski definition) is 2. The van der Waals surface area contributed by atoms with E-state index in [1.807, 2.05) is 36.0 Å². The zero-order valence-corrected chi connectivity index (χ0v) is 16.0. The molecule has 2 N–H and O–H groups in total. The smallest absolute Gasteiger partial charge is 0.201 e. The molecule has 0 saturated carbocycles. The van der Waals surface area contributed by atoms with Gasteiger partial charge in [-0.3, -0.25) is 9.59 Å². The van der Waals surface area contributed by atoms with Crippen LogP contribution in [0.15, 0.2) is 54.9 Å². The molecule has 0 bridgehead atoms. The van der Waals surface area contributed by atoms with Crippen molar-refractivity contribution in [1.29, 1.82) is 0 Å². The van der Waals surface area contributed by atoms with Crippen LogP contribution in [0.3, 0.4) is 0 Å². The predicted molar refractivity (Wildman–Crippen MR) is 93.6 cm³/mol. The average molecular weight is 426 g/mol. The number of pyridine rings is 1. The van der Waals surface area contributed by atoms with E-state index in [1.165, 1.54) is 24.3 Å². The van der Waals surface area contributed by atoms with Gasteiger partial charge in [0, 0.05) is 28.3 Å². The number of ketones is 2. The molecule has 1 aromatic heterocycles. The number of fused-ring (bicyclic) bond motifs is 2. The minimum absolute atomic E-state index is 0. The molecule has 0 fully saturated rings. The summed E-state index contributed by atoms with van der Waals surface area (Å²) in [5, 5.41) is 20.4. The molecule has 5 nitrogen and oxygen atoms in total. The number of carbonyl (C=O) groups excluding carboxylic acids is 2. The van der Waals surface area contributed by atoms with E-state index >= 15 is 0 Å². The maximum absolute atomic E-state index is 12.8. The third kappa shape index (κ3) is 3.13. The number of aromatic hydroxyl groups is 2. The van der Waals surface area contributed by atoms with Crippen molar-refractivity contribution in [2.45, 2.75) is 13.5 Å². The van der Waals surface area contributed by atoms with Gasteiger partial charge < -0.3 is 27.2 Å². The van der Waals surface area contributed by atoms with Gasteiger partial charge in [0.25, 0.3) is 0 Å². The summed E-state index contributed by atoms with van der Waals surface area (Å²) in [7, 11) is 0. The molecule has 1 aliphatic carbocycles. The molecular formula is C21H16BrNO4. The highest BCUT2D eigenvalue weighted by molar-refractivity contribution is 6.30. The molecule has 0 saturated heterocycles. The SMILES string of the molecule is Cc1ccc[n+](Cc2cc(O)c3c(c2)C(=O)c2cccc(O)c2C3=O)c1.[Br-]. The lowest BCUT2D eigenvalue weighted by Gasteiger charge is -2.19. The fourth-order valence-corrected chi connectivity index (χ4v) is 3.39. The second-order valence-corrected chi connectivity index (χ2v) is 6.45. The summed E-state index contributed by atoms with van der Waals surface area (Å²) < 4.78 is 1.94. The van der Waals surface area contributed by atoms with E-state index in [2.05, 4.69) is 0 Å². The Balaban J connectivity index is 0.00000210. The van der Waals surface area contributed by atoms with Crippen LogP contribution in [0.25, 0.3) is 0 Å². The van der Waals surface area contributed by atoms with Gasteiger partial charge in [-0.05, 0) is 31.2 Å². The average Bonchev–Trinajstić information content (AvgIpc) is 2.59. The Morgan fingerprint density at radius 3 is 2.37 bits per heavy atom. The maximum Gasteiger partial charge on any atom is 0.201 e. The van der Waals surface area contributed by atoms with Crippen LogP contribution in [0, 0.1) is 6.92 Å². The number of carbonyl (C=O) groups is 2. The van der Waals surface area contributed by atoms with Gasteiger partial charge in [-0.25, -0.2) is 4.57 Å². The van der Waals surface area contributed by atoms with E-state index < -0.39 is 5.78 Å². The first kappa shape index (κ1) is 18.8. The van der Waals surface area contributed by atoms with E-state index in [4.69, 9.17) is 0 Å². The van der Waals surface area contributed by atoms with E-state index in [9.17, 15) is 19.8 Å². The fourth-order valence-electron chi connectivity index (χ4n) is 3.39. The second kappa shape index (κ2) is 6.96. The van der Waals surface area contributed by atoms with Crippen LogP contribution in [0.2, 0.25) is 0 Å². The Hall–Kier alpha value is -2.99. The summed E-state index contributed by atoms with van der Waals surface area (Å²) in [6.07, 6.45) is 3.85. The van der Waals surface area contributed by atoms with Crippen LogP contribution in [-0.2, 0) is 6.54 Å². The third-order valence-corrected chi connectivity index (χ3v) is 4.53. The highest BCUT2D eigenvalue weighted by Crippen LogP contribution is 2.37. The number of phenols is 2. The van der Waals surface area contributed by atoms with Crippen molar-refractivity contribution in [3.63, 3.8) is 0 Å². The molecule has 0 spiro atoms. The third-order valence-electron chi connectivity index (χ3n) is 4.53. The number of rotatable bonds is 2. The minimum atomic E-state index is -0.542. The minimum Gasteiger partial charge on any atom is -1.00 e. The molecule has 1 aliphatic rings. The van der Waals surface area contributed by atoms with Crippen LogP contribution < -0.4 is 21.5 Å². The lowest BCUT2D eigenvalue weighted by atomic mass is 9.82. The zero-order valence-electron chi connectivity index (χ0n) is 14.4. The lowest BCUT2D eigenvalue weighted by molar-refractivity contribution is -0.688. The predicted octanol–water partition coefficient (Wildman–Crippen LogP) is -0.479. The Morgan fingerprint density at radius 2 is 1.63 bits per heavy atom. The van der Waals surface area contributed by atoms with Gasteiger partial charge in [-0.2, -0.15) is 0 Å². The number of hydrogen-bond acceptors (Lipinski definition) is 4. The van der Waals surface area contributed by atoms with Crippen LogP contribution >= 0.6 is 0 Å². The summed E-state index contributed by atoms with van der Waals surface area (Å²) in [5.74, 6) is -1.43. The van der Waals surface area contributed by atoms with E-state index in [-0.39, 0.29) is 56.5 Å². The van der Waals surface area contributed by atoms with E-state index in [1.54, 1.807) is 6.07 Å². The summed E-state index contributed by atoms with van der Waals surface area (Å²) in [6.45, 7) is 2.43. The number of halogens is 1. The molecule has 136 valence electrons. The second-order valence-electron chi connectivity index (χ2n) is 6.45. The summed E-state index contributed by atoms with van der Waals surface area (Å²) in [6, 6.07) is 11.4. The Bertz CT molecular complexity index is 1090. The van der Waals surface area contributed by atoms with Crippen molar-refractivity contribution in [3.05, 3.63) is 88.2 Å². The highest BCUT2D eigenvalue weighted by Gasteiger charge is 2.34. The van der Waals surface area contributed by atoms with Gasteiger partial charge >= 0.3 is 0 Å². The molecule has 0 radical (unpaired) electrons. The number of aromatic nitrogens is 1. The van der Waals surface area contributed by atoms with Crippen molar-refractivity contribution in [1.82, 2.24) is 0 Å². The van der Waals surface area contributed by atoms with Crippen LogP contribution in [0.5, 0.6) is 11.5 Å². The molecule has 1 heterocycles. The summed E-state index contributed by atoms with van der Waals surface area (Å²) >= 11 is 0. The van der Waals surface area contributed by atoms with Gasteiger partial charge in [0.15, 0.2) is 24.7 Å². The van der Waals surface area contributed by atoms with Gasteiger partial charge in [-0.15, -0.1) is 0 Å². The van der Waals surface area contributed by atoms with Crippen molar-refractivity contribution in [2.75, 3.05) is 0 Å². The highest BCUT2D eigenvalue weighted by atomic mass is 79.9. The lowest BCUT2D eigenvalue weighted by Crippen LogP contribution is -3.00. The molecule has 0 unspecified atom stereocenters. The molecule has 6 heteroatoms. The Morgan fingerprint density at radius 1 is 0.889 bits per heavy atom. The van der Waals surface area contributed by atoms with Crippen LogP contribution in [0.4, 0.5) is 0 Å². The van der Waals surface area contributed by atoms with Crippen LogP contribution in [0.1, 0.15) is 43.0 Å². The van der Waals surface area contributed by atoms with Gasteiger partial charge in [-0.1, -0.05) is 12.1 Å². The van der Waals surface area contributed by atoms with Crippen molar-refractivity contribution >= 4 is 11.6 Å². The number of aryl methyl sites for hydroxylation is 1. The molecule has 2 aromatic carbocycles. The first-order chi connectivity index (χ1) is 12.5. The van der Waals surface area contributed by atoms with E-state index in [0.717, 1.165) is 5.56 Å². The van der Waals surface area contributed by atoms with Crippen LogP contribution in [-0.4, -0.2) is 21.8 Å². The fraction of sp³-hybridized carbons (Fsp3) is 0.0952. The number of nitrogens with zero attached hydrogens (tertiary/aromatic N) is 1. The van der Waals surface area contributed by atoms with Gasteiger partial charge in [0.2, 0.25) is 5.78 Å². The molecule has 27 heavy (non-hydrogen) atoms. The van der Waals surface area contributed by atoms with E-state index in [0.29, 0.717) is 12.1 Å².